The maximum Gasteiger partial charge on any atom is 0.300 e. The van der Waals surface area contributed by atoms with Crippen LogP contribution in [0.3, 0.4) is 0 Å². The van der Waals surface area contributed by atoms with E-state index in [1.165, 1.54) is 24.1 Å². The lowest BCUT2D eigenvalue weighted by molar-refractivity contribution is -0.132. The Balaban J connectivity index is 1.67. The van der Waals surface area contributed by atoms with Crippen LogP contribution in [0.2, 0.25) is 0 Å². The third kappa shape index (κ3) is 3.59. The average molecular weight is 459 g/mol. The van der Waals surface area contributed by atoms with Gasteiger partial charge in [0.2, 0.25) is 0 Å². The fraction of sp³-hybridized carbons (Fsp3) is 0.154. The number of hydrogen-bond acceptors (Lipinski definition) is 7. The fourth-order valence-electron chi connectivity index (χ4n) is 4.16. The molecule has 1 unspecified atom stereocenters. The molecular weight excluding hydrogens is 438 g/mol. The third-order valence-electron chi connectivity index (χ3n) is 5.82. The monoisotopic (exact) mass is 459 g/mol. The molecule has 1 saturated heterocycles. The first-order valence-electron chi connectivity index (χ1n) is 10.6. The number of phenolic OH excluding ortho intramolecular Hbond substituents is 1. The van der Waals surface area contributed by atoms with Crippen LogP contribution in [0.1, 0.15) is 17.2 Å². The molecule has 0 bridgehead atoms. The number of carbonyl (C=O) groups is 2. The van der Waals surface area contributed by atoms with Crippen LogP contribution >= 0.6 is 0 Å². The van der Waals surface area contributed by atoms with Gasteiger partial charge in [-0.05, 0) is 60.2 Å². The van der Waals surface area contributed by atoms with Gasteiger partial charge in [-0.2, -0.15) is 0 Å². The second kappa shape index (κ2) is 8.47. The molecule has 0 radical (unpaired) electrons. The number of rotatable bonds is 4. The van der Waals surface area contributed by atoms with E-state index in [1.807, 2.05) is 0 Å². The molecule has 1 amide bonds. The third-order valence-corrected chi connectivity index (χ3v) is 5.82. The lowest BCUT2D eigenvalue weighted by atomic mass is 9.95. The molecular formula is C26H21NO7. The van der Waals surface area contributed by atoms with E-state index < -0.39 is 17.7 Å². The number of amides is 1. The summed E-state index contributed by atoms with van der Waals surface area (Å²) in [5, 5.41) is 21.0. The molecule has 2 N–H and O–H groups in total. The molecule has 0 spiro atoms. The van der Waals surface area contributed by atoms with E-state index in [1.54, 1.807) is 54.6 Å². The summed E-state index contributed by atoms with van der Waals surface area (Å²) in [6.07, 6.45) is 0. The number of ketones is 1. The summed E-state index contributed by atoms with van der Waals surface area (Å²) in [6.45, 7) is 0.790. The van der Waals surface area contributed by atoms with Crippen molar-refractivity contribution in [2.75, 3.05) is 25.2 Å². The number of anilines is 1. The number of Topliss-reactive ketones (excluding diaryl/α,β-unsaturated/α-hetero) is 1. The van der Waals surface area contributed by atoms with Crippen LogP contribution in [-0.4, -0.2) is 42.2 Å². The molecule has 0 saturated carbocycles. The molecule has 2 heterocycles. The highest BCUT2D eigenvalue weighted by Crippen LogP contribution is 2.43. The Kier molecular flexibility index (Phi) is 5.33. The second-order valence-corrected chi connectivity index (χ2v) is 7.82. The summed E-state index contributed by atoms with van der Waals surface area (Å²) in [5.74, 6) is -0.305. The van der Waals surface area contributed by atoms with Gasteiger partial charge >= 0.3 is 0 Å². The van der Waals surface area contributed by atoms with Crippen molar-refractivity contribution in [1.82, 2.24) is 0 Å². The number of phenols is 1. The molecule has 2 aliphatic heterocycles. The zero-order chi connectivity index (χ0) is 23.8. The Morgan fingerprint density at radius 2 is 1.62 bits per heavy atom. The molecule has 34 heavy (non-hydrogen) atoms. The molecule has 1 fully saturated rings. The normalized spacial score (nSPS) is 18.7. The van der Waals surface area contributed by atoms with Gasteiger partial charge in [-0.1, -0.05) is 12.1 Å². The quantitative estimate of drug-likeness (QED) is 0.347. The van der Waals surface area contributed by atoms with Gasteiger partial charge in [0.05, 0.1) is 18.7 Å². The Bertz CT molecular complexity index is 1300. The van der Waals surface area contributed by atoms with Crippen molar-refractivity contribution >= 4 is 23.1 Å². The largest absolute Gasteiger partial charge is 0.508 e. The number of aromatic hydroxyl groups is 1. The maximum absolute atomic E-state index is 13.2. The van der Waals surface area contributed by atoms with Crippen molar-refractivity contribution in [3.8, 4) is 23.0 Å². The minimum absolute atomic E-state index is 0.0389. The summed E-state index contributed by atoms with van der Waals surface area (Å²) in [6, 6.07) is 16.8. The average Bonchev–Trinajstić information content (AvgIpc) is 3.14. The summed E-state index contributed by atoms with van der Waals surface area (Å²) in [4.78, 5) is 27.8. The van der Waals surface area contributed by atoms with Gasteiger partial charge < -0.3 is 24.4 Å². The predicted octanol–water partition coefficient (Wildman–Crippen LogP) is 3.80. The van der Waals surface area contributed by atoms with Crippen LogP contribution in [0.5, 0.6) is 23.0 Å². The number of methoxy groups -OCH3 is 1. The van der Waals surface area contributed by atoms with E-state index >= 15 is 0 Å². The molecule has 172 valence electrons. The molecule has 8 nitrogen and oxygen atoms in total. The van der Waals surface area contributed by atoms with E-state index in [4.69, 9.17) is 14.2 Å². The van der Waals surface area contributed by atoms with Gasteiger partial charge in [-0.3, -0.25) is 14.5 Å². The van der Waals surface area contributed by atoms with E-state index in [0.29, 0.717) is 47.3 Å². The van der Waals surface area contributed by atoms with Crippen LogP contribution in [0.25, 0.3) is 5.76 Å². The molecule has 5 rings (SSSR count). The number of fused-ring (bicyclic) bond motifs is 1. The minimum Gasteiger partial charge on any atom is -0.508 e. The van der Waals surface area contributed by atoms with Gasteiger partial charge in [0.15, 0.2) is 11.5 Å². The Labute approximate surface area is 195 Å². The van der Waals surface area contributed by atoms with Crippen molar-refractivity contribution < 1.29 is 34.0 Å². The van der Waals surface area contributed by atoms with Crippen molar-refractivity contribution in [3.05, 3.63) is 83.4 Å². The van der Waals surface area contributed by atoms with E-state index in [0.717, 1.165) is 0 Å². The number of aliphatic hydroxyl groups excluding tert-OH is 1. The van der Waals surface area contributed by atoms with Crippen LogP contribution < -0.4 is 19.1 Å². The zero-order valence-electron chi connectivity index (χ0n) is 18.2. The van der Waals surface area contributed by atoms with Gasteiger partial charge in [0.1, 0.15) is 30.5 Å². The Morgan fingerprint density at radius 3 is 2.29 bits per heavy atom. The van der Waals surface area contributed by atoms with Gasteiger partial charge in [-0.15, -0.1) is 0 Å². The summed E-state index contributed by atoms with van der Waals surface area (Å²) in [5.41, 5.74) is 1.26. The molecule has 2 aliphatic rings. The van der Waals surface area contributed by atoms with Crippen molar-refractivity contribution in [1.29, 1.82) is 0 Å². The standard InChI is InChI=1S/C26H21NO7/c1-32-19-9-5-17(6-10-19)27-23(15-2-7-18(28)8-3-15)22(25(30)26(27)31)24(29)16-4-11-20-21(14-16)34-13-12-33-20/h2-11,14,23,28-29H,12-13H2,1H3/b24-22-. The first kappa shape index (κ1) is 21.4. The topological polar surface area (TPSA) is 106 Å². The van der Waals surface area contributed by atoms with Crippen molar-refractivity contribution in [2.45, 2.75) is 6.04 Å². The smallest absolute Gasteiger partial charge is 0.300 e. The van der Waals surface area contributed by atoms with E-state index in [2.05, 4.69) is 0 Å². The molecule has 3 aromatic rings. The van der Waals surface area contributed by atoms with Gasteiger partial charge in [0.25, 0.3) is 11.7 Å². The highest BCUT2D eigenvalue weighted by molar-refractivity contribution is 6.51. The fourth-order valence-corrected chi connectivity index (χ4v) is 4.16. The second-order valence-electron chi connectivity index (χ2n) is 7.82. The Morgan fingerprint density at radius 1 is 0.941 bits per heavy atom. The highest BCUT2D eigenvalue weighted by atomic mass is 16.6. The molecule has 8 heteroatoms. The number of hydrogen-bond donors (Lipinski definition) is 2. The van der Waals surface area contributed by atoms with Crippen molar-refractivity contribution in [3.63, 3.8) is 0 Å². The predicted molar refractivity (Wildman–Crippen MR) is 123 cm³/mol. The minimum atomic E-state index is -0.915. The first-order chi connectivity index (χ1) is 16.5. The van der Waals surface area contributed by atoms with E-state index in [-0.39, 0.29) is 17.1 Å². The number of nitrogens with zero attached hydrogens (tertiary/aromatic N) is 1. The summed E-state index contributed by atoms with van der Waals surface area (Å²) < 4.78 is 16.3. The lowest BCUT2D eigenvalue weighted by Crippen LogP contribution is -2.29. The number of aliphatic hydroxyl groups is 1. The zero-order valence-corrected chi connectivity index (χ0v) is 18.2. The number of carbonyl (C=O) groups excluding carboxylic acids is 2. The van der Waals surface area contributed by atoms with Gasteiger partial charge in [-0.25, -0.2) is 0 Å². The summed E-state index contributed by atoms with van der Waals surface area (Å²) >= 11 is 0. The molecule has 0 aromatic heterocycles. The first-order valence-corrected chi connectivity index (χ1v) is 10.6. The maximum atomic E-state index is 13.2. The van der Waals surface area contributed by atoms with Crippen LogP contribution in [0, 0.1) is 0 Å². The van der Waals surface area contributed by atoms with Crippen LogP contribution in [0.15, 0.2) is 72.3 Å². The van der Waals surface area contributed by atoms with Crippen LogP contribution in [0.4, 0.5) is 5.69 Å². The summed E-state index contributed by atoms with van der Waals surface area (Å²) in [7, 11) is 1.53. The molecule has 1 atom stereocenters. The number of ether oxygens (including phenoxy) is 3. The highest BCUT2D eigenvalue weighted by Gasteiger charge is 2.47. The molecule has 0 aliphatic carbocycles. The van der Waals surface area contributed by atoms with Crippen LogP contribution in [-0.2, 0) is 9.59 Å². The molecule has 3 aromatic carbocycles. The number of benzene rings is 3. The van der Waals surface area contributed by atoms with E-state index in [9.17, 15) is 19.8 Å². The van der Waals surface area contributed by atoms with Gasteiger partial charge in [0, 0.05) is 11.3 Å². The lowest BCUT2D eigenvalue weighted by Gasteiger charge is -2.25. The SMILES string of the molecule is COc1ccc(N2C(=O)C(=O)/C(=C(\O)c3ccc4c(c3)OCCO4)C2c2ccc(O)cc2)cc1. The van der Waals surface area contributed by atoms with Crippen molar-refractivity contribution in [2.24, 2.45) is 0 Å². The Hall–Kier alpha value is -4.46.